The number of nitrogens with zero attached hydrogens (tertiary/aromatic N) is 2. The molecule has 0 spiro atoms. The lowest BCUT2D eigenvalue weighted by atomic mass is 9.82. The van der Waals surface area contributed by atoms with Crippen molar-refractivity contribution in [1.82, 2.24) is 15.1 Å². The number of hydrogen-bond donors (Lipinski definition) is 2. The summed E-state index contributed by atoms with van der Waals surface area (Å²) >= 11 is 0. The van der Waals surface area contributed by atoms with Crippen LogP contribution in [0.5, 0.6) is 0 Å². The van der Waals surface area contributed by atoms with Crippen molar-refractivity contribution in [2.24, 2.45) is 12.8 Å². The Kier molecular flexibility index (Phi) is 3.71. The highest BCUT2D eigenvalue weighted by molar-refractivity contribution is 5.86. The Morgan fingerprint density at radius 2 is 2.17 bits per heavy atom. The van der Waals surface area contributed by atoms with Crippen LogP contribution >= 0.6 is 0 Å². The van der Waals surface area contributed by atoms with Crippen molar-refractivity contribution >= 4 is 5.91 Å². The van der Waals surface area contributed by atoms with Gasteiger partial charge in [0.1, 0.15) is 0 Å². The van der Waals surface area contributed by atoms with Gasteiger partial charge in [0.15, 0.2) is 0 Å². The number of aromatic nitrogens is 2. The van der Waals surface area contributed by atoms with E-state index in [1.54, 1.807) is 10.9 Å². The molecule has 1 aliphatic rings. The maximum Gasteiger partial charge on any atom is 0.240 e. The summed E-state index contributed by atoms with van der Waals surface area (Å²) in [6.07, 6.45) is 6.68. The predicted molar refractivity (Wildman–Crippen MR) is 69.8 cm³/mol. The van der Waals surface area contributed by atoms with E-state index in [4.69, 9.17) is 5.73 Å². The van der Waals surface area contributed by atoms with Crippen molar-refractivity contribution in [1.29, 1.82) is 0 Å². The molecule has 0 atom stereocenters. The van der Waals surface area contributed by atoms with E-state index in [0.717, 1.165) is 36.9 Å². The average molecular weight is 250 g/mol. The van der Waals surface area contributed by atoms with Gasteiger partial charge in [-0.2, -0.15) is 5.10 Å². The first-order chi connectivity index (χ1) is 8.53. The average Bonchev–Trinajstić information content (AvgIpc) is 2.68. The molecule has 1 aliphatic carbocycles. The summed E-state index contributed by atoms with van der Waals surface area (Å²) in [7, 11) is 1.90. The molecule has 3 N–H and O–H groups in total. The highest BCUT2D eigenvalue weighted by Crippen LogP contribution is 2.26. The highest BCUT2D eigenvalue weighted by Gasteiger charge is 2.34. The van der Waals surface area contributed by atoms with Gasteiger partial charge >= 0.3 is 0 Å². The number of nitrogens with two attached hydrogens (primary N) is 1. The molecule has 1 aromatic rings. The highest BCUT2D eigenvalue weighted by atomic mass is 16.2. The first-order valence-electron chi connectivity index (χ1n) is 6.57. The number of carbonyl (C=O) groups is 1. The molecule has 0 unspecified atom stereocenters. The van der Waals surface area contributed by atoms with Crippen molar-refractivity contribution in [3.63, 3.8) is 0 Å². The smallest absolute Gasteiger partial charge is 0.240 e. The maximum absolute atomic E-state index is 12.1. The summed E-state index contributed by atoms with van der Waals surface area (Å²) in [5, 5.41) is 7.10. The fourth-order valence-corrected chi connectivity index (χ4v) is 2.48. The van der Waals surface area contributed by atoms with Crippen LogP contribution in [0.3, 0.4) is 0 Å². The maximum atomic E-state index is 12.1. The van der Waals surface area contributed by atoms with Crippen molar-refractivity contribution < 1.29 is 4.79 Å². The van der Waals surface area contributed by atoms with E-state index >= 15 is 0 Å². The molecular formula is C13H22N4O. The first kappa shape index (κ1) is 13.1. The van der Waals surface area contributed by atoms with Crippen molar-refractivity contribution in [3.8, 4) is 0 Å². The van der Waals surface area contributed by atoms with Gasteiger partial charge in [-0.15, -0.1) is 0 Å². The summed E-state index contributed by atoms with van der Waals surface area (Å²) in [4.78, 5) is 12.1. The zero-order chi connectivity index (χ0) is 13.2. The summed E-state index contributed by atoms with van der Waals surface area (Å²) in [6, 6.07) is 0. The molecule has 1 heterocycles. The van der Waals surface area contributed by atoms with Crippen LogP contribution in [0.2, 0.25) is 0 Å². The fraction of sp³-hybridized carbons (Fsp3) is 0.692. The zero-order valence-corrected chi connectivity index (χ0v) is 11.2. The second-order valence-electron chi connectivity index (χ2n) is 5.28. The van der Waals surface area contributed by atoms with Gasteiger partial charge in [0.05, 0.1) is 11.7 Å². The van der Waals surface area contributed by atoms with Crippen LogP contribution in [-0.4, -0.2) is 21.2 Å². The molecule has 1 fully saturated rings. The third-order valence-corrected chi connectivity index (χ3v) is 3.97. The lowest BCUT2D eigenvalue weighted by Gasteiger charge is -2.31. The van der Waals surface area contributed by atoms with Crippen molar-refractivity contribution in [2.45, 2.75) is 51.1 Å². The Hall–Kier alpha value is -1.36. The lowest BCUT2D eigenvalue weighted by Crippen LogP contribution is -2.54. The van der Waals surface area contributed by atoms with Gasteiger partial charge in [-0.25, -0.2) is 0 Å². The third kappa shape index (κ3) is 2.56. The molecule has 1 aromatic heterocycles. The molecule has 1 amide bonds. The molecule has 100 valence electrons. The molecule has 0 bridgehead atoms. The van der Waals surface area contributed by atoms with Crippen LogP contribution in [0.15, 0.2) is 6.20 Å². The number of carbonyl (C=O) groups excluding carboxylic acids is 1. The van der Waals surface area contributed by atoms with Gasteiger partial charge < -0.3 is 11.1 Å². The van der Waals surface area contributed by atoms with E-state index in [0.29, 0.717) is 6.54 Å². The number of hydrogen-bond acceptors (Lipinski definition) is 3. The predicted octanol–water partition coefficient (Wildman–Crippen LogP) is 1.01. The molecule has 2 rings (SSSR count). The lowest BCUT2D eigenvalue weighted by molar-refractivity contribution is -0.127. The number of rotatable bonds is 3. The van der Waals surface area contributed by atoms with Crippen LogP contribution in [0.25, 0.3) is 0 Å². The minimum atomic E-state index is -0.658. The number of aryl methyl sites for hydroxylation is 1. The molecule has 0 aliphatic heterocycles. The number of amides is 1. The summed E-state index contributed by atoms with van der Waals surface area (Å²) in [6.45, 7) is 2.50. The Morgan fingerprint density at radius 1 is 1.50 bits per heavy atom. The molecule has 0 saturated heterocycles. The normalized spacial score (nSPS) is 18.6. The summed E-state index contributed by atoms with van der Waals surface area (Å²) in [5.41, 5.74) is 7.64. The molecule has 1 saturated carbocycles. The topological polar surface area (TPSA) is 72.9 Å². The van der Waals surface area contributed by atoms with E-state index in [1.807, 2.05) is 14.0 Å². The van der Waals surface area contributed by atoms with E-state index in [2.05, 4.69) is 10.4 Å². The Labute approximate surface area is 108 Å². The van der Waals surface area contributed by atoms with E-state index in [-0.39, 0.29) is 5.91 Å². The second kappa shape index (κ2) is 5.10. The summed E-state index contributed by atoms with van der Waals surface area (Å²) in [5.74, 6) is -0.0227. The first-order valence-corrected chi connectivity index (χ1v) is 6.57. The molecule has 18 heavy (non-hydrogen) atoms. The zero-order valence-electron chi connectivity index (χ0n) is 11.2. The monoisotopic (exact) mass is 250 g/mol. The molecule has 5 nitrogen and oxygen atoms in total. The Morgan fingerprint density at radius 3 is 2.72 bits per heavy atom. The largest absolute Gasteiger partial charge is 0.350 e. The van der Waals surface area contributed by atoms with Gasteiger partial charge in [-0.1, -0.05) is 19.3 Å². The minimum absolute atomic E-state index is 0.0227. The second-order valence-corrected chi connectivity index (χ2v) is 5.28. The Bertz CT molecular complexity index is 432. The van der Waals surface area contributed by atoms with Gasteiger partial charge in [-0.05, 0) is 19.8 Å². The van der Waals surface area contributed by atoms with Gasteiger partial charge in [0.2, 0.25) is 5.91 Å². The molecule has 0 aromatic carbocycles. The quantitative estimate of drug-likeness (QED) is 0.840. The minimum Gasteiger partial charge on any atom is -0.350 e. The van der Waals surface area contributed by atoms with Crippen LogP contribution < -0.4 is 11.1 Å². The van der Waals surface area contributed by atoms with E-state index in [9.17, 15) is 4.79 Å². The number of nitrogens with one attached hydrogen (secondary N) is 1. The standard InChI is InChI=1S/C13H22N4O/c1-10-11(9-16-17(10)2)8-15-12(18)13(14)6-4-3-5-7-13/h9H,3-8,14H2,1-2H3,(H,15,18). The SMILES string of the molecule is Cc1c(CNC(=O)C2(N)CCCCC2)cnn1C. The van der Waals surface area contributed by atoms with Gasteiger partial charge in [0.25, 0.3) is 0 Å². The van der Waals surface area contributed by atoms with Crippen molar-refractivity contribution in [2.75, 3.05) is 0 Å². The van der Waals surface area contributed by atoms with E-state index < -0.39 is 5.54 Å². The van der Waals surface area contributed by atoms with Crippen molar-refractivity contribution in [3.05, 3.63) is 17.5 Å². The van der Waals surface area contributed by atoms with Crippen LogP contribution in [-0.2, 0) is 18.4 Å². The van der Waals surface area contributed by atoms with Crippen LogP contribution in [0.4, 0.5) is 0 Å². The van der Waals surface area contributed by atoms with Gasteiger partial charge in [-0.3, -0.25) is 9.48 Å². The summed E-state index contributed by atoms with van der Waals surface area (Å²) < 4.78 is 1.81. The molecule has 0 radical (unpaired) electrons. The van der Waals surface area contributed by atoms with E-state index in [1.165, 1.54) is 6.42 Å². The van der Waals surface area contributed by atoms with Crippen LogP contribution in [0, 0.1) is 6.92 Å². The fourth-order valence-electron chi connectivity index (χ4n) is 2.48. The van der Waals surface area contributed by atoms with Gasteiger partial charge in [0, 0.05) is 24.8 Å². The molecular weight excluding hydrogens is 228 g/mol. The third-order valence-electron chi connectivity index (χ3n) is 3.97. The molecule has 5 heteroatoms. The Balaban J connectivity index is 1.93. The van der Waals surface area contributed by atoms with Crippen LogP contribution in [0.1, 0.15) is 43.4 Å².